The summed E-state index contributed by atoms with van der Waals surface area (Å²) in [5.74, 6) is -0.982. The van der Waals surface area contributed by atoms with Crippen LogP contribution in [0.2, 0.25) is 0 Å². The fraction of sp³-hybridized carbons (Fsp3) is 0.588. The molecule has 2 fully saturated rings. The summed E-state index contributed by atoms with van der Waals surface area (Å²) >= 11 is -2.42. The molecule has 0 radical (unpaired) electrons. The summed E-state index contributed by atoms with van der Waals surface area (Å²) < 4.78 is 23.7. The Hall–Kier alpha value is -1.44. The van der Waals surface area contributed by atoms with E-state index in [2.05, 4.69) is 24.0 Å². The second kappa shape index (κ2) is 6.82. The van der Waals surface area contributed by atoms with E-state index in [1.807, 2.05) is 17.0 Å². The fourth-order valence-electron chi connectivity index (χ4n) is 3.90. The molecule has 0 amide bonds. The van der Waals surface area contributed by atoms with E-state index in [1.54, 1.807) is 0 Å². The molecule has 1 N–H and O–H groups in total. The molecule has 1 aromatic carbocycles. The van der Waals surface area contributed by atoms with Gasteiger partial charge in [0.25, 0.3) is 0 Å². The Morgan fingerprint density at radius 1 is 1.25 bits per heavy atom. The Morgan fingerprint density at radius 3 is 2.33 bits per heavy atom. The molecule has 1 aliphatic carbocycles. The Morgan fingerprint density at radius 2 is 1.88 bits per heavy atom. The Balaban J connectivity index is 1.74. The molecular formula is C17H23N2O4S-. The standard InChI is InChI=1S/C17H24N2O4S/c1-13-5-2-3-6-14(13)18-9-11-19(12-10-18)15(24(22)23)17(16(20)21)7-4-8-17/h2-3,5-6,15H,4,7-12H2,1H3,(H,20,21)(H,22,23)/p-1. The Bertz CT molecular complexity index is 639. The highest BCUT2D eigenvalue weighted by atomic mass is 32.2. The van der Waals surface area contributed by atoms with E-state index in [-0.39, 0.29) is 0 Å². The van der Waals surface area contributed by atoms with Gasteiger partial charge in [-0.2, -0.15) is 0 Å². The summed E-state index contributed by atoms with van der Waals surface area (Å²) in [5, 5.41) is 8.66. The average Bonchev–Trinajstić information content (AvgIpc) is 2.51. The number of nitrogens with zero attached hydrogens (tertiary/aromatic N) is 2. The maximum absolute atomic E-state index is 11.8. The lowest BCUT2D eigenvalue weighted by atomic mass is 9.68. The van der Waals surface area contributed by atoms with Crippen LogP contribution in [0.3, 0.4) is 0 Å². The molecule has 0 spiro atoms. The van der Waals surface area contributed by atoms with Crippen molar-refractivity contribution in [3.63, 3.8) is 0 Å². The minimum Gasteiger partial charge on any atom is -0.771 e. The lowest BCUT2D eigenvalue weighted by Crippen LogP contribution is -2.61. The quantitative estimate of drug-likeness (QED) is 0.811. The van der Waals surface area contributed by atoms with Gasteiger partial charge in [-0.15, -0.1) is 0 Å². The van der Waals surface area contributed by atoms with Crippen LogP contribution in [-0.4, -0.2) is 56.3 Å². The molecule has 1 saturated heterocycles. The third-order valence-electron chi connectivity index (χ3n) is 5.43. The van der Waals surface area contributed by atoms with Crippen LogP contribution < -0.4 is 4.90 Å². The highest BCUT2D eigenvalue weighted by molar-refractivity contribution is 7.79. The number of carboxylic acids is 1. The van der Waals surface area contributed by atoms with Gasteiger partial charge in [0.2, 0.25) is 0 Å². The predicted molar refractivity (Wildman–Crippen MR) is 91.6 cm³/mol. The van der Waals surface area contributed by atoms with Crippen molar-refractivity contribution in [2.45, 2.75) is 31.6 Å². The van der Waals surface area contributed by atoms with Gasteiger partial charge in [-0.1, -0.05) is 24.6 Å². The van der Waals surface area contributed by atoms with Gasteiger partial charge in [0.1, 0.15) is 0 Å². The smallest absolute Gasteiger partial charge is 0.312 e. The van der Waals surface area contributed by atoms with Gasteiger partial charge < -0.3 is 14.6 Å². The monoisotopic (exact) mass is 351 g/mol. The van der Waals surface area contributed by atoms with Crippen LogP contribution in [0, 0.1) is 12.3 Å². The van der Waals surface area contributed by atoms with Crippen LogP contribution in [0.15, 0.2) is 24.3 Å². The number of hydrogen-bond acceptors (Lipinski definition) is 5. The average molecular weight is 351 g/mol. The first-order chi connectivity index (χ1) is 11.5. The van der Waals surface area contributed by atoms with Crippen molar-refractivity contribution in [1.29, 1.82) is 0 Å². The van der Waals surface area contributed by atoms with E-state index in [4.69, 9.17) is 0 Å². The molecule has 1 aliphatic heterocycles. The second-order valence-corrected chi connectivity index (χ2v) is 7.70. The van der Waals surface area contributed by atoms with Crippen molar-refractivity contribution < 1.29 is 18.7 Å². The van der Waals surface area contributed by atoms with E-state index in [0.29, 0.717) is 39.0 Å². The number of rotatable bonds is 5. The molecule has 1 aromatic rings. The Labute approximate surface area is 144 Å². The van der Waals surface area contributed by atoms with Crippen molar-refractivity contribution in [2.75, 3.05) is 31.1 Å². The molecule has 1 saturated carbocycles. The van der Waals surface area contributed by atoms with Gasteiger partial charge >= 0.3 is 5.97 Å². The second-order valence-electron chi connectivity index (χ2n) is 6.74. The summed E-state index contributed by atoms with van der Waals surface area (Å²) in [6.45, 7) is 4.58. The van der Waals surface area contributed by atoms with Gasteiger partial charge in [0, 0.05) is 31.9 Å². The maximum Gasteiger partial charge on any atom is 0.312 e. The molecule has 0 bridgehead atoms. The van der Waals surface area contributed by atoms with Crippen molar-refractivity contribution in [2.24, 2.45) is 5.41 Å². The third kappa shape index (κ3) is 2.96. The Kier molecular flexibility index (Phi) is 4.94. The van der Waals surface area contributed by atoms with E-state index in [1.165, 1.54) is 5.56 Å². The number of carboxylic acid groups (broad SMARTS) is 1. The van der Waals surface area contributed by atoms with Crippen molar-refractivity contribution in [1.82, 2.24) is 4.90 Å². The van der Waals surface area contributed by atoms with Crippen molar-refractivity contribution >= 4 is 22.7 Å². The van der Waals surface area contributed by atoms with Crippen LogP contribution in [0.5, 0.6) is 0 Å². The highest BCUT2D eigenvalue weighted by Gasteiger charge is 2.53. The molecule has 132 valence electrons. The highest BCUT2D eigenvalue weighted by Crippen LogP contribution is 2.47. The number of benzene rings is 1. The van der Waals surface area contributed by atoms with Gasteiger partial charge in [-0.05, 0) is 42.5 Å². The first-order valence-electron chi connectivity index (χ1n) is 8.32. The summed E-state index contributed by atoms with van der Waals surface area (Å²) in [7, 11) is 0. The van der Waals surface area contributed by atoms with Crippen LogP contribution in [0.4, 0.5) is 5.69 Å². The lowest BCUT2D eigenvalue weighted by Gasteiger charge is -2.51. The van der Waals surface area contributed by atoms with Gasteiger partial charge in [0.05, 0.1) is 10.8 Å². The molecule has 0 aromatic heterocycles. The molecule has 3 rings (SSSR count). The van der Waals surface area contributed by atoms with Crippen LogP contribution in [0.25, 0.3) is 0 Å². The molecule has 2 atom stereocenters. The zero-order valence-electron chi connectivity index (χ0n) is 13.8. The molecule has 24 heavy (non-hydrogen) atoms. The summed E-state index contributed by atoms with van der Waals surface area (Å²) in [5.41, 5.74) is 1.22. The SMILES string of the molecule is Cc1ccccc1N1CCN(C(S(=O)[O-])C2(C(=O)O)CCC2)CC1. The summed E-state index contributed by atoms with van der Waals surface area (Å²) in [6.07, 6.45) is 1.67. The number of hydrogen-bond donors (Lipinski definition) is 1. The van der Waals surface area contributed by atoms with Crippen LogP contribution in [-0.2, 0) is 15.9 Å². The topological polar surface area (TPSA) is 83.9 Å². The molecule has 2 unspecified atom stereocenters. The van der Waals surface area contributed by atoms with Crippen LogP contribution in [0.1, 0.15) is 24.8 Å². The fourth-order valence-corrected chi connectivity index (χ4v) is 5.05. The molecular weight excluding hydrogens is 328 g/mol. The predicted octanol–water partition coefficient (Wildman–Crippen LogP) is 1.58. The number of piperazine rings is 1. The molecule has 2 aliphatic rings. The van der Waals surface area contributed by atoms with E-state index in [0.717, 1.165) is 12.1 Å². The van der Waals surface area contributed by atoms with E-state index >= 15 is 0 Å². The molecule has 7 heteroatoms. The number of anilines is 1. The largest absolute Gasteiger partial charge is 0.771 e. The number of aryl methyl sites for hydroxylation is 1. The maximum atomic E-state index is 11.8. The number of aliphatic carboxylic acids is 1. The summed E-state index contributed by atoms with van der Waals surface area (Å²) in [4.78, 5) is 15.8. The van der Waals surface area contributed by atoms with Crippen LogP contribution >= 0.6 is 0 Å². The van der Waals surface area contributed by atoms with Crippen molar-refractivity contribution in [3.05, 3.63) is 29.8 Å². The van der Waals surface area contributed by atoms with E-state index < -0.39 is 27.8 Å². The normalized spacial score (nSPS) is 23.3. The zero-order chi connectivity index (χ0) is 17.3. The third-order valence-corrected chi connectivity index (χ3v) is 6.54. The molecule has 1 heterocycles. The molecule has 6 nitrogen and oxygen atoms in total. The minimum atomic E-state index is -2.42. The first kappa shape index (κ1) is 17.4. The zero-order valence-corrected chi connectivity index (χ0v) is 14.6. The number of para-hydroxylation sites is 1. The lowest BCUT2D eigenvalue weighted by molar-refractivity contribution is -0.158. The minimum absolute atomic E-state index is 0.443. The number of carbonyl (C=O) groups is 1. The van der Waals surface area contributed by atoms with Gasteiger partial charge in [-0.3, -0.25) is 13.9 Å². The van der Waals surface area contributed by atoms with Gasteiger partial charge in [-0.25, -0.2) is 0 Å². The first-order valence-corrected chi connectivity index (χ1v) is 9.45. The van der Waals surface area contributed by atoms with Gasteiger partial charge in [0.15, 0.2) is 0 Å². The van der Waals surface area contributed by atoms with Crippen molar-refractivity contribution in [3.8, 4) is 0 Å². The summed E-state index contributed by atoms with van der Waals surface area (Å²) in [6, 6.07) is 8.13. The van der Waals surface area contributed by atoms with E-state index in [9.17, 15) is 18.7 Å².